The van der Waals surface area contributed by atoms with E-state index in [2.05, 4.69) is 9.71 Å². The van der Waals surface area contributed by atoms with Crippen molar-refractivity contribution < 1.29 is 13.2 Å². The van der Waals surface area contributed by atoms with Gasteiger partial charge in [-0.1, -0.05) is 36.4 Å². The second-order valence-corrected chi connectivity index (χ2v) is 7.83. The Morgan fingerprint density at radius 2 is 1.88 bits per heavy atom. The van der Waals surface area contributed by atoms with Crippen LogP contribution < -0.4 is 4.72 Å². The first-order valence-corrected chi connectivity index (χ1v) is 9.81. The molecule has 0 aliphatic carbocycles. The molecule has 0 amide bonds. The number of hydrogen-bond acceptors (Lipinski definition) is 4. The molecule has 1 fully saturated rings. The van der Waals surface area contributed by atoms with Crippen LogP contribution in [0.25, 0.3) is 0 Å². The van der Waals surface area contributed by atoms with Gasteiger partial charge in [0.15, 0.2) is 0 Å². The predicted molar refractivity (Wildman–Crippen MR) is 92.7 cm³/mol. The van der Waals surface area contributed by atoms with E-state index in [1.54, 1.807) is 12.4 Å². The van der Waals surface area contributed by atoms with Crippen molar-refractivity contribution in [2.75, 3.05) is 13.2 Å². The zero-order chi connectivity index (χ0) is 16.8. The van der Waals surface area contributed by atoms with E-state index in [1.165, 1.54) is 0 Å². The maximum Gasteiger partial charge on any atom is 0.216 e. The van der Waals surface area contributed by atoms with Gasteiger partial charge in [0.1, 0.15) is 0 Å². The van der Waals surface area contributed by atoms with Crippen LogP contribution in [0, 0.1) is 5.92 Å². The van der Waals surface area contributed by atoms with Gasteiger partial charge in [-0.2, -0.15) is 0 Å². The minimum Gasteiger partial charge on any atom is -0.381 e. The first kappa shape index (κ1) is 17.1. The van der Waals surface area contributed by atoms with Crippen LogP contribution >= 0.6 is 0 Å². The molecule has 5 nitrogen and oxygen atoms in total. The molecule has 0 spiro atoms. The summed E-state index contributed by atoms with van der Waals surface area (Å²) < 4.78 is 33.7. The lowest BCUT2D eigenvalue weighted by molar-refractivity contribution is 0.0564. The minimum absolute atomic E-state index is 0.0200. The smallest absolute Gasteiger partial charge is 0.216 e. The van der Waals surface area contributed by atoms with Gasteiger partial charge in [0.05, 0.1) is 11.8 Å². The molecule has 6 heteroatoms. The molecule has 0 bridgehead atoms. The molecule has 1 aromatic heterocycles. The Labute approximate surface area is 143 Å². The Morgan fingerprint density at radius 1 is 1.12 bits per heavy atom. The first-order chi connectivity index (χ1) is 11.6. The number of hydrogen-bond donors (Lipinski definition) is 1. The van der Waals surface area contributed by atoms with Crippen LogP contribution in [-0.4, -0.2) is 26.6 Å². The van der Waals surface area contributed by atoms with Crippen molar-refractivity contribution in [1.29, 1.82) is 0 Å². The summed E-state index contributed by atoms with van der Waals surface area (Å²) in [5, 5.41) is 0. The van der Waals surface area contributed by atoms with Crippen molar-refractivity contribution in [1.82, 2.24) is 9.71 Å². The fraction of sp³-hybridized carbons (Fsp3) is 0.389. The van der Waals surface area contributed by atoms with Crippen molar-refractivity contribution in [3.05, 3.63) is 66.0 Å². The standard InChI is InChI=1S/C18H22N2O3S/c21-24(22,14-15-5-2-1-3-6-15)20-18(16-8-11-23-12-9-16)17-7-4-10-19-13-17/h1-7,10,13,16,18,20H,8-9,11-12,14H2. The summed E-state index contributed by atoms with van der Waals surface area (Å²) in [6.45, 7) is 1.34. The molecule has 0 saturated carbocycles. The normalized spacial score (nSPS) is 17.5. The predicted octanol–water partition coefficient (Wildman–Crippen LogP) is 2.67. The first-order valence-electron chi connectivity index (χ1n) is 8.16. The van der Waals surface area contributed by atoms with Gasteiger partial charge in [0.25, 0.3) is 0 Å². The number of nitrogens with zero attached hydrogens (tertiary/aromatic N) is 1. The Kier molecular flexibility index (Phi) is 5.60. The summed E-state index contributed by atoms with van der Waals surface area (Å²) in [6, 6.07) is 12.7. The number of rotatable bonds is 6. The van der Waals surface area contributed by atoms with Gasteiger partial charge in [0, 0.05) is 25.6 Å². The highest BCUT2D eigenvalue weighted by atomic mass is 32.2. The van der Waals surface area contributed by atoms with Crippen LogP contribution in [0.2, 0.25) is 0 Å². The van der Waals surface area contributed by atoms with Gasteiger partial charge in [-0.15, -0.1) is 0 Å². The molecule has 1 aromatic carbocycles. The molecular weight excluding hydrogens is 324 g/mol. The van der Waals surface area contributed by atoms with Gasteiger partial charge in [-0.05, 0) is 36.0 Å². The topological polar surface area (TPSA) is 68.3 Å². The van der Waals surface area contributed by atoms with E-state index in [-0.39, 0.29) is 17.7 Å². The van der Waals surface area contributed by atoms with Gasteiger partial charge in [-0.25, -0.2) is 13.1 Å². The van der Waals surface area contributed by atoms with Gasteiger partial charge in [0.2, 0.25) is 10.0 Å². The molecule has 1 atom stereocenters. The van der Waals surface area contributed by atoms with Crippen molar-refractivity contribution >= 4 is 10.0 Å². The van der Waals surface area contributed by atoms with E-state index in [0.717, 1.165) is 24.0 Å². The number of nitrogens with one attached hydrogen (secondary N) is 1. The maximum atomic E-state index is 12.7. The molecule has 2 heterocycles. The van der Waals surface area contributed by atoms with Crippen molar-refractivity contribution in [3.63, 3.8) is 0 Å². The zero-order valence-corrected chi connectivity index (χ0v) is 14.3. The Hall–Kier alpha value is -1.76. The minimum atomic E-state index is -3.45. The Bertz CT molecular complexity index is 729. The number of pyridine rings is 1. The number of ether oxygens (including phenoxy) is 1. The van der Waals surface area contributed by atoms with Crippen LogP contribution in [0.3, 0.4) is 0 Å². The zero-order valence-electron chi connectivity index (χ0n) is 13.5. The van der Waals surface area contributed by atoms with E-state index < -0.39 is 10.0 Å². The molecule has 0 radical (unpaired) electrons. The van der Waals surface area contributed by atoms with E-state index in [1.807, 2.05) is 42.5 Å². The molecular formula is C18H22N2O3S. The summed E-state index contributed by atoms with van der Waals surface area (Å²) >= 11 is 0. The lowest BCUT2D eigenvalue weighted by atomic mass is 9.88. The van der Waals surface area contributed by atoms with E-state index >= 15 is 0 Å². The van der Waals surface area contributed by atoms with E-state index in [4.69, 9.17) is 4.74 Å². The molecule has 1 aliphatic heterocycles. The van der Waals surface area contributed by atoms with E-state index in [9.17, 15) is 8.42 Å². The van der Waals surface area contributed by atoms with Crippen LogP contribution in [0.1, 0.15) is 30.0 Å². The molecule has 128 valence electrons. The second kappa shape index (κ2) is 7.88. The van der Waals surface area contributed by atoms with Crippen LogP contribution in [0.5, 0.6) is 0 Å². The quantitative estimate of drug-likeness (QED) is 0.873. The second-order valence-electron chi connectivity index (χ2n) is 6.08. The summed E-state index contributed by atoms with van der Waals surface area (Å²) in [5.41, 5.74) is 1.68. The summed E-state index contributed by atoms with van der Waals surface area (Å²) in [4.78, 5) is 4.15. The van der Waals surface area contributed by atoms with Gasteiger partial charge >= 0.3 is 0 Å². The molecule has 2 aromatic rings. The van der Waals surface area contributed by atoms with Crippen molar-refractivity contribution in [2.45, 2.75) is 24.6 Å². The largest absolute Gasteiger partial charge is 0.381 e. The summed E-state index contributed by atoms with van der Waals surface area (Å²) in [5.74, 6) is 0.196. The molecule has 3 rings (SSSR count). The third-order valence-electron chi connectivity index (χ3n) is 4.29. The number of aromatic nitrogens is 1. The summed E-state index contributed by atoms with van der Waals surface area (Å²) in [7, 11) is -3.45. The average molecular weight is 346 g/mol. The van der Waals surface area contributed by atoms with Crippen molar-refractivity contribution in [3.8, 4) is 0 Å². The molecule has 1 unspecified atom stereocenters. The van der Waals surface area contributed by atoms with Gasteiger partial charge < -0.3 is 4.74 Å². The van der Waals surface area contributed by atoms with Crippen LogP contribution in [-0.2, 0) is 20.5 Å². The van der Waals surface area contributed by atoms with Crippen molar-refractivity contribution in [2.24, 2.45) is 5.92 Å². The molecule has 1 N–H and O–H groups in total. The fourth-order valence-corrected chi connectivity index (χ4v) is 4.50. The third-order valence-corrected chi connectivity index (χ3v) is 5.61. The lowest BCUT2D eigenvalue weighted by Gasteiger charge is -2.31. The van der Waals surface area contributed by atoms with Crippen LogP contribution in [0.15, 0.2) is 54.9 Å². The number of sulfonamides is 1. The Balaban J connectivity index is 1.80. The van der Waals surface area contributed by atoms with Gasteiger partial charge in [-0.3, -0.25) is 4.98 Å². The average Bonchev–Trinajstić information content (AvgIpc) is 2.62. The van der Waals surface area contributed by atoms with Crippen LogP contribution in [0.4, 0.5) is 0 Å². The highest BCUT2D eigenvalue weighted by Gasteiger charge is 2.29. The lowest BCUT2D eigenvalue weighted by Crippen LogP contribution is -2.36. The monoisotopic (exact) mass is 346 g/mol. The fourth-order valence-electron chi connectivity index (χ4n) is 3.07. The Morgan fingerprint density at radius 3 is 2.54 bits per heavy atom. The highest BCUT2D eigenvalue weighted by molar-refractivity contribution is 7.88. The maximum absolute atomic E-state index is 12.7. The molecule has 1 aliphatic rings. The summed E-state index contributed by atoms with van der Waals surface area (Å²) in [6.07, 6.45) is 5.12. The third kappa shape index (κ3) is 4.63. The SMILES string of the molecule is O=S(=O)(Cc1ccccc1)NC(c1cccnc1)C1CCOCC1. The number of benzene rings is 1. The van der Waals surface area contributed by atoms with E-state index in [0.29, 0.717) is 13.2 Å². The molecule has 24 heavy (non-hydrogen) atoms. The molecule has 1 saturated heterocycles. The highest BCUT2D eigenvalue weighted by Crippen LogP contribution is 2.30.